The first-order chi connectivity index (χ1) is 13.0. The largest absolute Gasteiger partial charge is 0.481 e. The average Bonchev–Trinajstić information content (AvgIpc) is 2.92. The Bertz CT molecular complexity index is 637. The number of carboxylic acid groups (broad SMARTS) is 1. The minimum absolute atomic E-state index is 0.161. The monoisotopic (exact) mass is 377 g/mol. The third-order valence-electron chi connectivity index (χ3n) is 4.58. The van der Waals surface area contributed by atoms with Crippen molar-refractivity contribution >= 4 is 17.9 Å². The molecular formula is C19H27N3O5. The Balaban J connectivity index is 1.83. The number of methoxy groups -OCH3 is 1. The number of aliphatic carboxylic acids is 1. The number of carbonyl (C=O) groups is 3. The van der Waals surface area contributed by atoms with Crippen LogP contribution in [0.2, 0.25) is 0 Å². The summed E-state index contributed by atoms with van der Waals surface area (Å²) in [4.78, 5) is 34.6. The first-order valence-electron chi connectivity index (χ1n) is 9.20. The van der Waals surface area contributed by atoms with E-state index in [9.17, 15) is 14.4 Å². The molecular weight excluding hydrogens is 350 g/mol. The average molecular weight is 377 g/mol. The van der Waals surface area contributed by atoms with Crippen molar-refractivity contribution in [3.8, 4) is 0 Å². The summed E-state index contributed by atoms with van der Waals surface area (Å²) < 4.78 is 5.48. The number of hydrogen-bond acceptors (Lipinski definition) is 5. The summed E-state index contributed by atoms with van der Waals surface area (Å²) in [6.45, 7) is 0.357. The molecule has 0 aliphatic carbocycles. The predicted octanol–water partition coefficient (Wildman–Crippen LogP) is 2.22. The van der Waals surface area contributed by atoms with Gasteiger partial charge in [0.05, 0.1) is 6.10 Å². The van der Waals surface area contributed by atoms with E-state index in [4.69, 9.17) is 9.84 Å². The highest BCUT2D eigenvalue weighted by Crippen LogP contribution is 2.18. The maximum absolute atomic E-state index is 12.1. The zero-order chi connectivity index (χ0) is 19.6. The minimum atomic E-state index is -0.794. The van der Waals surface area contributed by atoms with E-state index in [0.717, 1.165) is 24.8 Å². The van der Waals surface area contributed by atoms with Crippen molar-refractivity contribution in [2.75, 3.05) is 13.7 Å². The molecule has 1 aliphatic rings. The SMILES string of the molecule is COC(CNN1C(=O)NC(=O)C1CCCCCCC(=O)O)c1ccccc1. The molecule has 0 aromatic heterocycles. The van der Waals surface area contributed by atoms with Crippen LogP contribution in [0.25, 0.3) is 0 Å². The quantitative estimate of drug-likeness (QED) is 0.381. The molecule has 3 amide bonds. The van der Waals surface area contributed by atoms with Gasteiger partial charge in [0.2, 0.25) is 0 Å². The fraction of sp³-hybridized carbons (Fsp3) is 0.526. The van der Waals surface area contributed by atoms with Crippen molar-refractivity contribution in [3.63, 3.8) is 0 Å². The van der Waals surface area contributed by atoms with Crippen LogP contribution in [0.15, 0.2) is 30.3 Å². The van der Waals surface area contributed by atoms with E-state index in [0.29, 0.717) is 19.4 Å². The van der Waals surface area contributed by atoms with Crippen LogP contribution >= 0.6 is 0 Å². The van der Waals surface area contributed by atoms with Gasteiger partial charge >= 0.3 is 12.0 Å². The number of imide groups is 1. The molecule has 0 saturated carbocycles. The Morgan fingerprint density at radius 1 is 1.22 bits per heavy atom. The summed E-state index contributed by atoms with van der Waals surface area (Å²) in [5.74, 6) is -1.11. The maximum atomic E-state index is 12.1. The number of hydrazine groups is 1. The lowest BCUT2D eigenvalue weighted by molar-refractivity contribution is -0.137. The van der Waals surface area contributed by atoms with Gasteiger partial charge in [0.1, 0.15) is 6.04 Å². The standard InChI is InChI=1S/C19H27N3O5/c1-27-16(14-9-5-4-6-10-14)13-20-22-15(18(25)21-19(22)26)11-7-2-3-8-12-17(23)24/h4-6,9-10,15-16,20H,2-3,7-8,11-13H2,1H3,(H,23,24)(H,21,25,26). The zero-order valence-electron chi connectivity index (χ0n) is 15.5. The molecule has 1 aromatic rings. The second-order valence-corrected chi connectivity index (χ2v) is 6.52. The van der Waals surface area contributed by atoms with Crippen molar-refractivity contribution in [1.29, 1.82) is 0 Å². The minimum Gasteiger partial charge on any atom is -0.481 e. The number of hydrogen-bond donors (Lipinski definition) is 3. The summed E-state index contributed by atoms with van der Waals surface area (Å²) >= 11 is 0. The van der Waals surface area contributed by atoms with Crippen molar-refractivity contribution in [1.82, 2.24) is 15.8 Å². The van der Waals surface area contributed by atoms with E-state index < -0.39 is 18.0 Å². The molecule has 0 spiro atoms. The van der Waals surface area contributed by atoms with E-state index in [1.54, 1.807) is 7.11 Å². The van der Waals surface area contributed by atoms with Gasteiger partial charge in [-0.3, -0.25) is 14.9 Å². The van der Waals surface area contributed by atoms with Crippen LogP contribution in [-0.4, -0.2) is 47.7 Å². The first-order valence-corrected chi connectivity index (χ1v) is 9.20. The Labute approximate surface area is 158 Å². The van der Waals surface area contributed by atoms with E-state index in [1.165, 1.54) is 5.01 Å². The molecule has 1 aliphatic heterocycles. The smallest absolute Gasteiger partial charge is 0.339 e. The number of carbonyl (C=O) groups excluding carboxylic acids is 2. The second kappa shape index (κ2) is 10.6. The summed E-state index contributed by atoms with van der Waals surface area (Å²) in [5.41, 5.74) is 4.01. The molecule has 3 N–H and O–H groups in total. The van der Waals surface area contributed by atoms with Gasteiger partial charge in [-0.15, -0.1) is 0 Å². The highest BCUT2D eigenvalue weighted by molar-refractivity contribution is 6.03. The van der Waals surface area contributed by atoms with E-state index >= 15 is 0 Å². The number of amides is 3. The molecule has 2 unspecified atom stereocenters. The fourth-order valence-corrected chi connectivity index (χ4v) is 3.10. The normalized spacial score (nSPS) is 17.8. The van der Waals surface area contributed by atoms with Crippen LogP contribution in [0.5, 0.6) is 0 Å². The number of ether oxygens (including phenoxy) is 1. The summed E-state index contributed by atoms with van der Waals surface area (Å²) in [6, 6.07) is 8.62. The van der Waals surface area contributed by atoms with Gasteiger partial charge in [-0.1, -0.05) is 49.6 Å². The van der Waals surface area contributed by atoms with Crippen LogP contribution in [0.1, 0.15) is 50.2 Å². The second-order valence-electron chi connectivity index (χ2n) is 6.52. The molecule has 1 aromatic carbocycles. The topological polar surface area (TPSA) is 108 Å². The zero-order valence-corrected chi connectivity index (χ0v) is 15.5. The summed E-state index contributed by atoms with van der Waals surface area (Å²) in [6.07, 6.45) is 3.43. The predicted molar refractivity (Wildman–Crippen MR) is 98.7 cm³/mol. The Kier molecular flexibility index (Phi) is 8.22. The lowest BCUT2D eigenvalue weighted by atomic mass is 10.1. The third-order valence-corrected chi connectivity index (χ3v) is 4.58. The molecule has 0 radical (unpaired) electrons. The Hall–Kier alpha value is -2.45. The lowest BCUT2D eigenvalue weighted by Gasteiger charge is -2.25. The van der Waals surface area contributed by atoms with E-state index in [1.807, 2.05) is 30.3 Å². The van der Waals surface area contributed by atoms with Gasteiger partial charge in [0.25, 0.3) is 5.91 Å². The van der Waals surface area contributed by atoms with Crippen molar-refractivity contribution in [2.24, 2.45) is 0 Å². The Morgan fingerprint density at radius 3 is 2.59 bits per heavy atom. The highest BCUT2D eigenvalue weighted by Gasteiger charge is 2.38. The lowest BCUT2D eigenvalue weighted by Crippen LogP contribution is -2.47. The van der Waals surface area contributed by atoms with Crippen LogP contribution < -0.4 is 10.7 Å². The number of carboxylic acids is 1. The van der Waals surface area contributed by atoms with E-state index in [-0.39, 0.29) is 18.4 Å². The Morgan fingerprint density at radius 2 is 1.93 bits per heavy atom. The third kappa shape index (κ3) is 6.33. The highest BCUT2D eigenvalue weighted by atomic mass is 16.5. The molecule has 148 valence electrons. The van der Waals surface area contributed by atoms with Gasteiger partial charge in [0, 0.05) is 20.1 Å². The molecule has 2 rings (SSSR count). The molecule has 1 heterocycles. The van der Waals surface area contributed by atoms with Crippen molar-refractivity contribution in [2.45, 2.75) is 50.7 Å². The number of urea groups is 1. The summed E-state index contributed by atoms with van der Waals surface area (Å²) in [5, 5.41) is 12.3. The number of rotatable bonds is 12. The van der Waals surface area contributed by atoms with Crippen molar-refractivity contribution < 1.29 is 24.2 Å². The van der Waals surface area contributed by atoms with Crippen LogP contribution in [0.3, 0.4) is 0 Å². The van der Waals surface area contributed by atoms with Crippen LogP contribution in [0.4, 0.5) is 4.79 Å². The van der Waals surface area contributed by atoms with Gasteiger partial charge in [-0.2, -0.15) is 0 Å². The summed E-state index contributed by atoms with van der Waals surface area (Å²) in [7, 11) is 1.60. The van der Waals surface area contributed by atoms with Crippen LogP contribution in [-0.2, 0) is 14.3 Å². The van der Waals surface area contributed by atoms with Gasteiger partial charge in [0.15, 0.2) is 0 Å². The maximum Gasteiger partial charge on any atom is 0.339 e. The molecule has 27 heavy (non-hydrogen) atoms. The number of benzene rings is 1. The molecule has 8 nitrogen and oxygen atoms in total. The molecule has 8 heteroatoms. The fourth-order valence-electron chi connectivity index (χ4n) is 3.10. The van der Waals surface area contributed by atoms with Gasteiger partial charge in [-0.25, -0.2) is 15.2 Å². The van der Waals surface area contributed by atoms with Gasteiger partial charge in [-0.05, 0) is 18.4 Å². The van der Waals surface area contributed by atoms with Crippen LogP contribution in [0, 0.1) is 0 Å². The molecule has 0 bridgehead atoms. The number of nitrogens with one attached hydrogen (secondary N) is 2. The van der Waals surface area contributed by atoms with Gasteiger partial charge < -0.3 is 9.84 Å². The molecule has 2 atom stereocenters. The first kappa shape index (κ1) is 20.9. The molecule has 1 saturated heterocycles. The molecule has 1 fully saturated rings. The van der Waals surface area contributed by atoms with Crippen molar-refractivity contribution in [3.05, 3.63) is 35.9 Å². The van der Waals surface area contributed by atoms with E-state index in [2.05, 4.69) is 10.7 Å². The number of unbranched alkanes of at least 4 members (excludes halogenated alkanes) is 3. The number of nitrogens with zero attached hydrogens (tertiary/aromatic N) is 1.